The van der Waals surface area contributed by atoms with Gasteiger partial charge < -0.3 is 10.1 Å². The fourth-order valence-electron chi connectivity index (χ4n) is 1.87. The lowest BCUT2D eigenvalue weighted by Crippen LogP contribution is -2.32. The zero-order valence-electron chi connectivity index (χ0n) is 9.81. The molecular formula is C13H18N2O. The van der Waals surface area contributed by atoms with Crippen LogP contribution in [0.15, 0.2) is 35.3 Å². The van der Waals surface area contributed by atoms with E-state index in [0.29, 0.717) is 12.6 Å². The Kier molecular flexibility index (Phi) is 3.57. The molecule has 1 aromatic carbocycles. The number of ether oxygens (including phenoxy) is 1. The van der Waals surface area contributed by atoms with Gasteiger partial charge in [0, 0.05) is 12.6 Å². The van der Waals surface area contributed by atoms with Gasteiger partial charge in [-0.25, -0.2) is 0 Å². The van der Waals surface area contributed by atoms with E-state index in [1.165, 1.54) is 0 Å². The molecule has 1 heterocycles. The van der Waals surface area contributed by atoms with Gasteiger partial charge in [-0.1, -0.05) is 30.3 Å². The summed E-state index contributed by atoms with van der Waals surface area (Å²) in [5.74, 6) is 0.959. The SMILES string of the molecule is CCO[C@@H](C1=NC[C@@H](C)N1)c1ccccc1. The van der Waals surface area contributed by atoms with Crippen LogP contribution in [0.4, 0.5) is 0 Å². The zero-order chi connectivity index (χ0) is 11.4. The van der Waals surface area contributed by atoms with Crippen LogP contribution in [0.1, 0.15) is 25.5 Å². The quantitative estimate of drug-likeness (QED) is 0.840. The topological polar surface area (TPSA) is 33.6 Å². The number of hydrogen-bond donors (Lipinski definition) is 1. The predicted molar refractivity (Wildman–Crippen MR) is 65.7 cm³/mol. The van der Waals surface area contributed by atoms with E-state index in [4.69, 9.17) is 4.74 Å². The van der Waals surface area contributed by atoms with E-state index in [2.05, 4.69) is 29.4 Å². The normalized spacial score (nSPS) is 21.4. The molecule has 86 valence electrons. The molecule has 16 heavy (non-hydrogen) atoms. The summed E-state index contributed by atoms with van der Waals surface area (Å²) in [5, 5.41) is 3.36. The van der Waals surface area contributed by atoms with Crippen LogP contribution < -0.4 is 5.32 Å². The molecule has 0 aliphatic carbocycles. The maximum atomic E-state index is 5.77. The molecule has 0 saturated carbocycles. The van der Waals surface area contributed by atoms with Crippen molar-refractivity contribution in [2.45, 2.75) is 26.0 Å². The van der Waals surface area contributed by atoms with Crippen LogP contribution in [-0.4, -0.2) is 25.0 Å². The second kappa shape index (κ2) is 5.12. The molecule has 0 bridgehead atoms. The van der Waals surface area contributed by atoms with E-state index in [-0.39, 0.29) is 6.10 Å². The van der Waals surface area contributed by atoms with Crippen molar-refractivity contribution in [3.8, 4) is 0 Å². The van der Waals surface area contributed by atoms with Gasteiger partial charge in [0.2, 0.25) is 0 Å². The molecule has 0 unspecified atom stereocenters. The van der Waals surface area contributed by atoms with Gasteiger partial charge in [-0.2, -0.15) is 0 Å². The van der Waals surface area contributed by atoms with Crippen LogP contribution in [0.5, 0.6) is 0 Å². The van der Waals surface area contributed by atoms with Crippen molar-refractivity contribution >= 4 is 5.84 Å². The molecule has 1 aliphatic heterocycles. The molecule has 0 amide bonds. The Bertz CT molecular complexity index is 361. The maximum absolute atomic E-state index is 5.77. The summed E-state index contributed by atoms with van der Waals surface area (Å²) in [4.78, 5) is 4.49. The van der Waals surface area contributed by atoms with Crippen molar-refractivity contribution < 1.29 is 4.74 Å². The van der Waals surface area contributed by atoms with Gasteiger partial charge in [-0.15, -0.1) is 0 Å². The maximum Gasteiger partial charge on any atom is 0.139 e. The van der Waals surface area contributed by atoms with Crippen molar-refractivity contribution in [2.24, 2.45) is 4.99 Å². The molecule has 0 saturated heterocycles. The second-order valence-corrected chi connectivity index (χ2v) is 4.02. The third kappa shape index (κ3) is 2.42. The molecule has 0 spiro atoms. The highest BCUT2D eigenvalue weighted by Gasteiger charge is 2.23. The van der Waals surface area contributed by atoms with Gasteiger partial charge in [0.15, 0.2) is 0 Å². The van der Waals surface area contributed by atoms with Crippen molar-refractivity contribution in [1.29, 1.82) is 0 Å². The van der Waals surface area contributed by atoms with Crippen molar-refractivity contribution in [3.63, 3.8) is 0 Å². The smallest absolute Gasteiger partial charge is 0.139 e. The summed E-state index contributed by atoms with van der Waals surface area (Å²) in [5.41, 5.74) is 1.16. The highest BCUT2D eigenvalue weighted by molar-refractivity contribution is 5.89. The summed E-state index contributed by atoms with van der Waals surface area (Å²) in [6, 6.07) is 10.6. The van der Waals surface area contributed by atoms with Crippen LogP contribution >= 0.6 is 0 Å². The minimum absolute atomic E-state index is 0.0452. The minimum Gasteiger partial charge on any atom is -0.367 e. The average molecular weight is 218 g/mol. The summed E-state index contributed by atoms with van der Waals surface area (Å²) in [6.45, 7) is 5.67. The van der Waals surface area contributed by atoms with Crippen LogP contribution in [0.2, 0.25) is 0 Å². The summed E-state index contributed by atoms with van der Waals surface area (Å²) in [6.07, 6.45) is -0.0452. The molecule has 1 N–H and O–H groups in total. The molecule has 1 aromatic rings. The highest BCUT2D eigenvalue weighted by Crippen LogP contribution is 2.20. The lowest BCUT2D eigenvalue weighted by atomic mass is 10.1. The molecule has 2 rings (SSSR count). The standard InChI is InChI=1S/C13H18N2O/c1-3-16-12(11-7-5-4-6-8-11)13-14-9-10(2)15-13/h4-8,10,12H,3,9H2,1-2H3,(H,14,15)/t10-,12-/m1/s1. The second-order valence-electron chi connectivity index (χ2n) is 4.02. The van der Waals surface area contributed by atoms with Crippen LogP contribution in [0, 0.1) is 0 Å². The number of aliphatic imine (C=N–C) groups is 1. The number of rotatable bonds is 4. The predicted octanol–water partition coefficient (Wildman–Crippen LogP) is 2.15. The van der Waals surface area contributed by atoms with Crippen molar-refractivity contribution in [2.75, 3.05) is 13.2 Å². The molecular weight excluding hydrogens is 200 g/mol. The van der Waals surface area contributed by atoms with E-state index in [1.54, 1.807) is 0 Å². The third-order valence-electron chi connectivity index (χ3n) is 2.61. The fraction of sp³-hybridized carbons (Fsp3) is 0.462. The molecule has 2 atom stereocenters. The molecule has 1 aliphatic rings. The first kappa shape index (κ1) is 11.1. The third-order valence-corrected chi connectivity index (χ3v) is 2.61. The van der Waals surface area contributed by atoms with Gasteiger partial charge in [-0.05, 0) is 19.4 Å². The largest absolute Gasteiger partial charge is 0.367 e. The highest BCUT2D eigenvalue weighted by atomic mass is 16.5. The van der Waals surface area contributed by atoms with E-state index in [9.17, 15) is 0 Å². The Labute approximate surface area is 96.5 Å². The average Bonchev–Trinajstić information content (AvgIpc) is 2.74. The van der Waals surface area contributed by atoms with Crippen molar-refractivity contribution in [1.82, 2.24) is 5.32 Å². The van der Waals surface area contributed by atoms with Crippen LogP contribution in [-0.2, 0) is 4.74 Å². The number of amidine groups is 1. The Balaban J connectivity index is 2.18. The first-order chi connectivity index (χ1) is 7.81. The number of nitrogens with zero attached hydrogens (tertiary/aromatic N) is 1. The molecule has 3 nitrogen and oxygen atoms in total. The summed E-state index contributed by atoms with van der Waals surface area (Å²) in [7, 11) is 0. The Hall–Kier alpha value is -1.35. The Morgan fingerprint density at radius 2 is 2.19 bits per heavy atom. The van der Waals surface area contributed by atoms with Gasteiger partial charge in [0.25, 0.3) is 0 Å². The van der Waals surface area contributed by atoms with Gasteiger partial charge in [0.1, 0.15) is 11.9 Å². The Morgan fingerprint density at radius 1 is 1.44 bits per heavy atom. The van der Waals surface area contributed by atoms with Gasteiger partial charge in [-0.3, -0.25) is 4.99 Å². The fourth-order valence-corrected chi connectivity index (χ4v) is 1.87. The lowest BCUT2D eigenvalue weighted by molar-refractivity contribution is 0.108. The van der Waals surface area contributed by atoms with Gasteiger partial charge in [0.05, 0.1) is 6.54 Å². The van der Waals surface area contributed by atoms with E-state index in [0.717, 1.165) is 17.9 Å². The van der Waals surface area contributed by atoms with E-state index >= 15 is 0 Å². The first-order valence-corrected chi connectivity index (χ1v) is 5.78. The van der Waals surface area contributed by atoms with Gasteiger partial charge >= 0.3 is 0 Å². The molecule has 0 radical (unpaired) electrons. The monoisotopic (exact) mass is 218 g/mol. The van der Waals surface area contributed by atoms with E-state index < -0.39 is 0 Å². The van der Waals surface area contributed by atoms with Crippen LogP contribution in [0.3, 0.4) is 0 Å². The summed E-state index contributed by atoms with van der Waals surface area (Å²) < 4.78 is 5.77. The number of nitrogens with one attached hydrogen (secondary N) is 1. The lowest BCUT2D eigenvalue weighted by Gasteiger charge is -2.18. The molecule has 0 aromatic heterocycles. The van der Waals surface area contributed by atoms with Crippen LogP contribution in [0.25, 0.3) is 0 Å². The number of benzene rings is 1. The summed E-state index contributed by atoms with van der Waals surface area (Å²) >= 11 is 0. The number of hydrogen-bond acceptors (Lipinski definition) is 3. The Morgan fingerprint density at radius 3 is 2.75 bits per heavy atom. The zero-order valence-corrected chi connectivity index (χ0v) is 9.81. The van der Waals surface area contributed by atoms with E-state index in [1.807, 2.05) is 25.1 Å². The molecule has 3 heteroatoms. The molecule has 0 fully saturated rings. The minimum atomic E-state index is -0.0452. The van der Waals surface area contributed by atoms with Crippen molar-refractivity contribution in [3.05, 3.63) is 35.9 Å². The first-order valence-electron chi connectivity index (χ1n) is 5.78.